The Morgan fingerprint density at radius 1 is 1.22 bits per heavy atom. The van der Waals surface area contributed by atoms with Crippen LogP contribution in [0.3, 0.4) is 0 Å². The van der Waals surface area contributed by atoms with E-state index >= 15 is 0 Å². The maximum absolute atomic E-state index is 12.7. The molecule has 5 nitrogen and oxygen atoms in total. The summed E-state index contributed by atoms with van der Waals surface area (Å²) in [5.41, 5.74) is 1.66. The van der Waals surface area contributed by atoms with Crippen LogP contribution >= 0.6 is 0 Å². The minimum atomic E-state index is -0.0436. The third-order valence-corrected chi connectivity index (χ3v) is 4.31. The Morgan fingerprint density at radius 2 is 2.00 bits per heavy atom. The summed E-state index contributed by atoms with van der Waals surface area (Å²) in [6, 6.07) is 13.9. The molecule has 0 unspecified atom stereocenters. The van der Waals surface area contributed by atoms with Crippen molar-refractivity contribution in [2.45, 2.75) is 6.04 Å². The maximum atomic E-state index is 12.7. The molecule has 1 atom stereocenters. The highest BCUT2D eigenvalue weighted by atomic mass is 16.5. The number of likely N-dealkylation sites (N-methyl/N-ethyl adjacent to an activating group) is 1. The van der Waals surface area contributed by atoms with E-state index in [1.54, 1.807) is 25.4 Å². The van der Waals surface area contributed by atoms with Crippen LogP contribution < -0.4 is 4.74 Å². The van der Waals surface area contributed by atoms with Crippen molar-refractivity contribution in [1.29, 1.82) is 0 Å². The zero-order valence-corrected chi connectivity index (χ0v) is 13.5. The molecule has 1 aliphatic rings. The first-order valence-corrected chi connectivity index (χ1v) is 7.73. The van der Waals surface area contributed by atoms with Gasteiger partial charge in [-0.2, -0.15) is 0 Å². The second-order valence-corrected chi connectivity index (χ2v) is 5.74. The quantitative estimate of drug-likeness (QED) is 0.872. The maximum Gasteiger partial charge on any atom is 0.272 e. The second-order valence-electron chi connectivity index (χ2n) is 5.74. The molecule has 0 saturated carbocycles. The molecular weight excluding hydrogens is 290 g/mol. The molecule has 1 aliphatic heterocycles. The van der Waals surface area contributed by atoms with Crippen molar-refractivity contribution in [2.75, 3.05) is 33.8 Å². The summed E-state index contributed by atoms with van der Waals surface area (Å²) in [7, 11) is 3.69. The summed E-state index contributed by atoms with van der Waals surface area (Å²) < 4.78 is 5.18. The van der Waals surface area contributed by atoms with E-state index in [2.05, 4.69) is 29.1 Å². The van der Waals surface area contributed by atoms with Gasteiger partial charge in [0.2, 0.25) is 0 Å². The Hall–Kier alpha value is -2.40. The van der Waals surface area contributed by atoms with Crippen molar-refractivity contribution < 1.29 is 9.53 Å². The predicted octanol–water partition coefficient (Wildman–Crippen LogP) is 2.22. The zero-order chi connectivity index (χ0) is 16.2. The van der Waals surface area contributed by atoms with Crippen LogP contribution in [0.4, 0.5) is 0 Å². The lowest BCUT2D eigenvalue weighted by Crippen LogP contribution is -2.49. The Bertz CT molecular complexity index is 675. The van der Waals surface area contributed by atoms with Gasteiger partial charge in [0.25, 0.3) is 5.91 Å². The number of methoxy groups -OCH3 is 1. The minimum absolute atomic E-state index is 0.0436. The molecule has 0 N–H and O–H groups in total. The Labute approximate surface area is 136 Å². The van der Waals surface area contributed by atoms with Crippen molar-refractivity contribution in [1.82, 2.24) is 14.8 Å². The van der Waals surface area contributed by atoms with Gasteiger partial charge in [-0.3, -0.25) is 14.7 Å². The third kappa shape index (κ3) is 3.35. The molecule has 2 aromatic rings. The van der Waals surface area contributed by atoms with Gasteiger partial charge < -0.3 is 9.64 Å². The van der Waals surface area contributed by atoms with E-state index in [0.29, 0.717) is 24.5 Å². The van der Waals surface area contributed by atoms with Gasteiger partial charge >= 0.3 is 0 Å². The summed E-state index contributed by atoms with van der Waals surface area (Å²) in [4.78, 5) is 21.1. The lowest BCUT2D eigenvalue weighted by molar-refractivity contribution is 0.0540. The molecule has 0 bridgehead atoms. The van der Waals surface area contributed by atoms with Gasteiger partial charge in [-0.05, 0) is 18.7 Å². The summed E-state index contributed by atoms with van der Waals surface area (Å²) in [6.07, 6.45) is 1.61. The molecule has 1 aromatic carbocycles. The average Bonchev–Trinajstić information content (AvgIpc) is 2.62. The third-order valence-electron chi connectivity index (χ3n) is 4.31. The molecule has 1 aromatic heterocycles. The van der Waals surface area contributed by atoms with Crippen LogP contribution in [0.15, 0.2) is 48.7 Å². The zero-order valence-electron chi connectivity index (χ0n) is 13.5. The molecule has 2 heterocycles. The average molecular weight is 311 g/mol. The van der Waals surface area contributed by atoms with Gasteiger partial charge in [-0.25, -0.2) is 0 Å². The summed E-state index contributed by atoms with van der Waals surface area (Å²) >= 11 is 0. The highest BCUT2D eigenvalue weighted by Crippen LogP contribution is 2.25. The number of amides is 1. The van der Waals surface area contributed by atoms with Crippen molar-refractivity contribution >= 4 is 5.91 Å². The fourth-order valence-corrected chi connectivity index (χ4v) is 2.91. The van der Waals surface area contributed by atoms with Crippen LogP contribution in [-0.4, -0.2) is 54.5 Å². The lowest BCUT2D eigenvalue weighted by atomic mass is 10.0. The minimum Gasteiger partial charge on any atom is -0.497 e. The SMILES string of the molecule is COc1ccnc(C(=O)N2CCN(C)[C@@H](c3ccccc3)C2)c1. The Morgan fingerprint density at radius 3 is 2.74 bits per heavy atom. The van der Waals surface area contributed by atoms with Crippen molar-refractivity contribution in [3.63, 3.8) is 0 Å². The van der Waals surface area contributed by atoms with E-state index in [0.717, 1.165) is 6.54 Å². The lowest BCUT2D eigenvalue weighted by Gasteiger charge is -2.39. The fourth-order valence-electron chi connectivity index (χ4n) is 2.91. The van der Waals surface area contributed by atoms with E-state index < -0.39 is 0 Å². The standard InChI is InChI=1S/C18H21N3O2/c1-20-10-11-21(13-17(20)14-6-4-3-5-7-14)18(22)16-12-15(23-2)8-9-19-16/h3-9,12,17H,10-11,13H2,1-2H3/t17-/m1/s1. The van der Waals surface area contributed by atoms with Crippen LogP contribution in [0.1, 0.15) is 22.1 Å². The number of piperazine rings is 1. The number of ether oxygens (including phenoxy) is 1. The van der Waals surface area contributed by atoms with E-state index in [4.69, 9.17) is 4.74 Å². The number of carbonyl (C=O) groups excluding carboxylic acids is 1. The fraction of sp³-hybridized carbons (Fsp3) is 0.333. The molecule has 0 radical (unpaired) electrons. The van der Waals surface area contributed by atoms with Gasteiger partial charge in [0.05, 0.1) is 13.2 Å². The second kappa shape index (κ2) is 6.79. The van der Waals surface area contributed by atoms with Crippen molar-refractivity contribution in [3.8, 4) is 5.75 Å². The van der Waals surface area contributed by atoms with Crippen molar-refractivity contribution in [3.05, 3.63) is 59.9 Å². The predicted molar refractivity (Wildman–Crippen MR) is 88.5 cm³/mol. The van der Waals surface area contributed by atoms with Crippen LogP contribution in [0.5, 0.6) is 5.75 Å². The van der Waals surface area contributed by atoms with E-state index in [1.807, 2.05) is 23.1 Å². The summed E-state index contributed by atoms with van der Waals surface area (Å²) in [6.45, 7) is 2.21. The number of aromatic nitrogens is 1. The Kier molecular flexibility index (Phi) is 4.57. The molecule has 3 rings (SSSR count). The molecule has 1 saturated heterocycles. The first-order chi connectivity index (χ1) is 11.2. The Balaban J connectivity index is 1.79. The first-order valence-electron chi connectivity index (χ1n) is 7.73. The van der Waals surface area contributed by atoms with Crippen LogP contribution in [0.25, 0.3) is 0 Å². The number of rotatable bonds is 3. The topological polar surface area (TPSA) is 45.7 Å². The van der Waals surface area contributed by atoms with Gasteiger partial charge in [-0.1, -0.05) is 30.3 Å². The number of hydrogen-bond donors (Lipinski definition) is 0. The van der Waals surface area contributed by atoms with Crippen LogP contribution in [0, 0.1) is 0 Å². The molecule has 120 valence electrons. The van der Waals surface area contributed by atoms with E-state index in [1.165, 1.54) is 5.56 Å². The van der Waals surface area contributed by atoms with E-state index in [9.17, 15) is 4.79 Å². The highest BCUT2D eigenvalue weighted by molar-refractivity contribution is 5.92. The number of pyridine rings is 1. The largest absolute Gasteiger partial charge is 0.497 e. The summed E-state index contributed by atoms with van der Waals surface area (Å²) in [5, 5.41) is 0. The highest BCUT2D eigenvalue weighted by Gasteiger charge is 2.29. The molecule has 23 heavy (non-hydrogen) atoms. The van der Waals surface area contributed by atoms with Gasteiger partial charge in [0.1, 0.15) is 11.4 Å². The van der Waals surface area contributed by atoms with Crippen molar-refractivity contribution in [2.24, 2.45) is 0 Å². The monoisotopic (exact) mass is 311 g/mol. The summed E-state index contributed by atoms with van der Waals surface area (Å²) in [5.74, 6) is 0.606. The smallest absolute Gasteiger partial charge is 0.272 e. The number of nitrogens with zero attached hydrogens (tertiary/aromatic N) is 3. The normalized spacial score (nSPS) is 18.7. The molecule has 0 spiro atoms. The van der Waals surface area contributed by atoms with Gasteiger partial charge in [0.15, 0.2) is 0 Å². The van der Waals surface area contributed by atoms with Crippen LogP contribution in [0.2, 0.25) is 0 Å². The first kappa shape index (κ1) is 15.5. The number of hydrogen-bond acceptors (Lipinski definition) is 4. The number of carbonyl (C=O) groups is 1. The molecule has 0 aliphatic carbocycles. The molecular formula is C18H21N3O2. The molecule has 5 heteroatoms. The molecule has 1 fully saturated rings. The van der Waals surface area contributed by atoms with Gasteiger partial charge in [-0.15, -0.1) is 0 Å². The van der Waals surface area contributed by atoms with E-state index in [-0.39, 0.29) is 11.9 Å². The van der Waals surface area contributed by atoms with Gasteiger partial charge in [0, 0.05) is 31.9 Å². The van der Waals surface area contributed by atoms with Crippen LogP contribution in [-0.2, 0) is 0 Å². The molecule has 1 amide bonds. The number of benzene rings is 1.